The molecule has 0 aromatic heterocycles. The van der Waals surface area contributed by atoms with Crippen LogP contribution in [0, 0.1) is 0 Å². The van der Waals surface area contributed by atoms with E-state index in [1.165, 1.54) is 0 Å². The summed E-state index contributed by atoms with van der Waals surface area (Å²) in [7, 11) is 0. The molecule has 0 spiro atoms. The maximum Gasteiger partial charge on any atom is 0.0996 e. The number of aliphatic hydroxyl groups excluding tert-OH is 5. The van der Waals surface area contributed by atoms with E-state index in [1.807, 2.05) is 0 Å². The number of likely N-dealkylation sites (tertiary alicyclic amines) is 1. The van der Waals surface area contributed by atoms with Crippen LogP contribution >= 0.6 is 0 Å². The van der Waals surface area contributed by atoms with Crippen LogP contribution in [0.3, 0.4) is 0 Å². The molecule has 0 amide bonds. The molecule has 5 atom stereocenters. The third kappa shape index (κ3) is 2.15. The summed E-state index contributed by atoms with van der Waals surface area (Å²) in [4.78, 5) is 1.61. The van der Waals surface area contributed by atoms with Gasteiger partial charge in [-0.3, -0.25) is 4.90 Å². The Balaban J connectivity index is 2.85. The fourth-order valence-corrected chi connectivity index (χ4v) is 2.26. The van der Waals surface area contributed by atoms with Crippen LogP contribution in [0.4, 0.5) is 0 Å². The first kappa shape index (κ1) is 12.8. The topological polar surface area (TPSA) is 104 Å². The van der Waals surface area contributed by atoms with Crippen molar-refractivity contribution in [3.05, 3.63) is 0 Å². The summed E-state index contributed by atoms with van der Waals surface area (Å²) >= 11 is 0. The molecule has 0 radical (unpaired) electrons. The number of likely N-dealkylation sites (N-methyl/N-ethyl adjacent to an activating group) is 1. The van der Waals surface area contributed by atoms with E-state index < -0.39 is 37.0 Å². The van der Waals surface area contributed by atoms with Crippen LogP contribution in [-0.4, -0.2) is 80.6 Å². The van der Waals surface area contributed by atoms with Crippen LogP contribution in [0.15, 0.2) is 0 Å². The minimum atomic E-state index is -1.15. The van der Waals surface area contributed by atoms with Gasteiger partial charge in [0.05, 0.1) is 43.6 Å². The Labute approximate surface area is 88.4 Å². The summed E-state index contributed by atoms with van der Waals surface area (Å²) in [6.07, 6.45) is -3.36. The molecule has 0 aliphatic carbocycles. The Hall–Kier alpha value is -0.240. The van der Waals surface area contributed by atoms with Crippen molar-refractivity contribution in [2.45, 2.75) is 37.3 Å². The Morgan fingerprint density at radius 2 is 1.80 bits per heavy atom. The lowest BCUT2D eigenvalue weighted by Crippen LogP contribution is -2.48. The van der Waals surface area contributed by atoms with E-state index in [0.717, 1.165) is 0 Å². The van der Waals surface area contributed by atoms with Gasteiger partial charge in [-0.25, -0.2) is 0 Å². The molecule has 90 valence electrons. The van der Waals surface area contributed by atoms with Gasteiger partial charge in [0, 0.05) is 0 Å². The SMILES string of the molecule is CCN1[C@@H]([C@@H](O)CO)[C@@H](O)[C@H](O)[C@H]1CO. The van der Waals surface area contributed by atoms with E-state index in [-0.39, 0.29) is 6.61 Å². The molecule has 1 fully saturated rings. The molecule has 0 aromatic carbocycles. The van der Waals surface area contributed by atoms with Gasteiger partial charge in [0.25, 0.3) is 0 Å². The van der Waals surface area contributed by atoms with E-state index in [2.05, 4.69) is 0 Å². The van der Waals surface area contributed by atoms with E-state index in [9.17, 15) is 15.3 Å². The molecule has 0 aromatic rings. The Kier molecular flexibility index (Phi) is 4.45. The second-order valence-electron chi connectivity index (χ2n) is 3.80. The van der Waals surface area contributed by atoms with Crippen molar-refractivity contribution in [3.63, 3.8) is 0 Å². The number of rotatable bonds is 4. The van der Waals surface area contributed by atoms with Crippen molar-refractivity contribution in [1.29, 1.82) is 0 Å². The van der Waals surface area contributed by atoms with Crippen LogP contribution in [-0.2, 0) is 0 Å². The van der Waals surface area contributed by atoms with Crippen LogP contribution in [0.2, 0.25) is 0 Å². The lowest BCUT2D eigenvalue weighted by Gasteiger charge is -2.30. The predicted octanol–water partition coefficient (Wildman–Crippen LogP) is -2.87. The van der Waals surface area contributed by atoms with Gasteiger partial charge >= 0.3 is 0 Å². The van der Waals surface area contributed by atoms with Crippen LogP contribution in [0.1, 0.15) is 6.92 Å². The lowest BCUT2D eigenvalue weighted by molar-refractivity contribution is -0.0296. The molecule has 0 bridgehead atoms. The van der Waals surface area contributed by atoms with Gasteiger partial charge < -0.3 is 25.5 Å². The smallest absolute Gasteiger partial charge is 0.0996 e. The van der Waals surface area contributed by atoms with Crippen LogP contribution in [0.5, 0.6) is 0 Å². The number of hydrogen-bond acceptors (Lipinski definition) is 6. The average Bonchev–Trinajstić information content (AvgIpc) is 2.50. The molecule has 6 heteroatoms. The Bertz CT molecular complexity index is 203. The summed E-state index contributed by atoms with van der Waals surface area (Å²) in [6, 6.07) is -1.32. The largest absolute Gasteiger partial charge is 0.395 e. The Morgan fingerprint density at radius 3 is 2.20 bits per heavy atom. The normalized spacial score (nSPS) is 39.6. The highest BCUT2D eigenvalue weighted by Gasteiger charge is 2.49. The molecule has 1 aliphatic rings. The minimum absolute atomic E-state index is 0.291. The maximum absolute atomic E-state index is 9.69. The molecule has 5 N–H and O–H groups in total. The lowest BCUT2D eigenvalue weighted by atomic mass is 10.0. The summed E-state index contributed by atoms with van der Waals surface area (Å²) in [6.45, 7) is 1.50. The molecule has 15 heavy (non-hydrogen) atoms. The third-order valence-electron chi connectivity index (χ3n) is 3.04. The molecule has 1 aliphatic heterocycles. The van der Waals surface area contributed by atoms with Crippen molar-refractivity contribution in [2.24, 2.45) is 0 Å². The van der Waals surface area contributed by atoms with E-state index in [4.69, 9.17) is 10.2 Å². The van der Waals surface area contributed by atoms with Gasteiger partial charge in [0.2, 0.25) is 0 Å². The molecule has 6 nitrogen and oxygen atoms in total. The summed E-state index contributed by atoms with van der Waals surface area (Å²) < 4.78 is 0. The standard InChI is InChI=1S/C9H19NO5/c1-2-10-5(3-11)8(14)9(15)7(10)6(13)4-12/h5-9,11-15H,2-4H2,1H3/t5-,6+,7+,8-,9-/m1/s1. The highest BCUT2D eigenvalue weighted by molar-refractivity contribution is 5.02. The minimum Gasteiger partial charge on any atom is -0.395 e. The highest BCUT2D eigenvalue weighted by Crippen LogP contribution is 2.26. The van der Waals surface area contributed by atoms with Crippen molar-refractivity contribution in [1.82, 2.24) is 4.90 Å². The Morgan fingerprint density at radius 1 is 1.20 bits per heavy atom. The van der Waals surface area contributed by atoms with Crippen LogP contribution < -0.4 is 0 Å². The number of aliphatic hydroxyl groups is 5. The van der Waals surface area contributed by atoms with E-state index >= 15 is 0 Å². The molecule has 0 unspecified atom stereocenters. The van der Waals surface area contributed by atoms with Crippen molar-refractivity contribution < 1.29 is 25.5 Å². The van der Waals surface area contributed by atoms with Gasteiger partial charge in [0.15, 0.2) is 0 Å². The van der Waals surface area contributed by atoms with Crippen molar-refractivity contribution >= 4 is 0 Å². The monoisotopic (exact) mass is 221 g/mol. The van der Waals surface area contributed by atoms with Gasteiger partial charge in [-0.05, 0) is 6.54 Å². The quantitative estimate of drug-likeness (QED) is 0.349. The molecular formula is C9H19NO5. The molecule has 1 saturated heterocycles. The summed E-state index contributed by atoms with van der Waals surface area (Å²) in [5.41, 5.74) is 0. The second kappa shape index (κ2) is 5.20. The van der Waals surface area contributed by atoms with Gasteiger partial charge in [0.1, 0.15) is 0 Å². The molecule has 1 heterocycles. The maximum atomic E-state index is 9.69. The second-order valence-corrected chi connectivity index (χ2v) is 3.80. The van der Waals surface area contributed by atoms with E-state index in [0.29, 0.717) is 6.54 Å². The highest BCUT2D eigenvalue weighted by atomic mass is 16.4. The van der Waals surface area contributed by atoms with Gasteiger partial charge in [-0.15, -0.1) is 0 Å². The average molecular weight is 221 g/mol. The van der Waals surface area contributed by atoms with Crippen molar-refractivity contribution in [2.75, 3.05) is 19.8 Å². The predicted molar refractivity (Wildman–Crippen MR) is 52.1 cm³/mol. The number of nitrogens with zero attached hydrogens (tertiary/aromatic N) is 1. The zero-order chi connectivity index (χ0) is 11.6. The number of hydrogen-bond donors (Lipinski definition) is 5. The summed E-state index contributed by atoms with van der Waals surface area (Å²) in [5.74, 6) is 0. The van der Waals surface area contributed by atoms with Gasteiger partial charge in [-0.1, -0.05) is 6.92 Å². The summed E-state index contributed by atoms with van der Waals surface area (Å²) in [5, 5.41) is 46.7. The fraction of sp³-hybridized carbons (Fsp3) is 1.00. The molecule has 0 saturated carbocycles. The van der Waals surface area contributed by atoms with Crippen LogP contribution in [0.25, 0.3) is 0 Å². The third-order valence-corrected chi connectivity index (χ3v) is 3.04. The van der Waals surface area contributed by atoms with Crippen molar-refractivity contribution in [3.8, 4) is 0 Å². The zero-order valence-electron chi connectivity index (χ0n) is 8.69. The first-order valence-corrected chi connectivity index (χ1v) is 5.10. The zero-order valence-corrected chi connectivity index (χ0v) is 8.69. The van der Waals surface area contributed by atoms with E-state index in [1.54, 1.807) is 11.8 Å². The van der Waals surface area contributed by atoms with Gasteiger partial charge in [-0.2, -0.15) is 0 Å². The fourth-order valence-electron chi connectivity index (χ4n) is 2.26. The molecule has 1 rings (SSSR count). The first-order valence-electron chi connectivity index (χ1n) is 5.10. The molecular weight excluding hydrogens is 202 g/mol. The first-order chi connectivity index (χ1) is 7.08.